The Labute approximate surface area is 225 Å². The lowest BCUT2D eigenvalue weighted by molar-refractivity contribution is 0.302. The maximum atomic E-state index is 15.2. The van der Waals surface area contributed by atoms with Gasteiger partial charge in [-0.15, -0.1) is 0 Å². The zero-order valence-electron chi connectivity index (χ0n) is 19.9. The number of rotatable bonds is 8. The molecular weight excluding hydrogens is 536 g/mol. The molecule has 0 aliphatic carbocycles. The summed E-state index contributed by atoms with van der Waals surface area (Å²) in [6.45, 7) is 2.37. The van der Waals surface area contributed by atoms with Crippen molar-refractivity contribution in [2.45, 2.75) is 30.6 Å². The van der Waals surface area contributed by atoms with Gasteiger partial charge < -0.3 is 14.6 Å². The lowest BCUT2D eigenvalue weighted by Crippen LogP contribution is -2.29. The van der Waals surface area contributed by atoms with Crippen LogP contribution in [0.4, 0.5) is 15.8 Å². The van der Waals surface area contributed by atoms with Gasteiger partial charge in [0.1, 0.15) is 4.90 Å². The van der Waals surface area contributed by atoms with Crippen molar-refractivity contribution in [2.24, 2.45) is 0 Å². The van der Waals surface area contributed by atoms with E-state index in [1.54, 1.807) is 0 Å². The van der Waals surface area contributed by atoms with Gasteiger partial charge in [0.05, 0.1) is 27.9 Å². The van der Waals surface area contributed by atoms with Gasteiger partial charge in [-0.25, -0.2) is 12.8 Å². The van der Waals surface area contributed by atoms with Gasteiger partial charge in [0.25, 0.3) is 10.0 Å². The van der Waals surface area contributed by atoms with E-state index in [1.165, 1.54) is 61.5 Å². The van der Waals surface area contributed by atoms with E-state index in [-0.39, 0.29) is 18.0 Å². The maximum Gasteiger partial charge on any atom is 0.265 e. The van der Waals surface area contributed by atoms with E-state index in [2.05, 4.69) is 26.7 Å². The number of H-pyrrole nitrogens is 1. The highest BCUT2D eigenvalue weighted by Crippen LogP contribution is 2.36. The summed E-state index contributed by atoms with van der Waals surface area (Å²) in [4.78, 5) is 4.77. The van der Waals surface area contributed by atoms with Crippen LogP contribution in [0.5, 0.6) is 5.75 Å². The average molecular weight is 562 g/mol. The molecule has 2 N–H and O–H groups in total. The summed E-state index contributed by atoms with van der Waals surface area (Å²) in [6.07, 6.45) is 5.79. The van der Waals surface area contributed by atoms with E-state index in [0.717, 1.165) is 18.7 Å². The summed E-state index contributed by atoms with van der Waals surface area (Å²) in [6, 6.07) is 15.4. The highest BCUT2D eigenvalue weighted by Gasteiger charge is 2.24. The standard InChI is InChI=1S/C27H26Cl2FN3O3S/c28-20-11-12-22(27-25(20)21(29)17-31-27)32-37(34,35)24-6-4-5-23(26(24)30)36-16-13-18-7-9-19(10-8-18)33-14-2-1-3-15-33/h4-12,17,31-32H,1-3,13-16H2. The van der Waals surface area contributed by atoms with Crippen molar-refractivity contribution in [2.75, 3.05) is 29.3 Å². The van der Waals surface area contributed by atoms with Crippen molar-refractivity contribution in [1.82, 2.24) is 4.98 Å². The predicted molar refractivity (Wildman–Crippen MR) is 147 cm³/mol. The summed E-state index contributed by atoms with van der Waals surface area (Å²) < 4.78 is 49.5. The molecule has 37 heavy (non-hydrogen) atoms. The SMILES string of the molecule is O=S(=O)(Nc1ccc(Cl)c2c(Cl)c[nH]c12)c1cccc(OCCc2ccc(N3CCCCC3)cc2)c1F. The predicted octanol–water partition coefficient (Wildman–Crippen LogP) is 7.03. The Hall–Kier alpha value is -2.94. The Bertz CT molecular complexity index is 1520. The fraction of sp³-hybridized carbons (Fsp3) is 0.259. The van der Waals surface area contributed by atoms with Gasteiger partial charge in [0, 0.05) is 36.8 Å². The van der Waals surface area contributed by atoms with Crippen LogP contribution >= 0.6 is 23.2 Å². The number of sulfonamides is 1. The number of hydrogen-bond donors (Lipinski definition) is 2. The molecule has 1 aliphatic rings. The van der Waals surface area contributed by atoms with E-state index in [9.17, 15) is 8.42 Å². The molecule has 4 aromatic rings. The molecule has 3 aromatic carbocycles. The lowest BCUT2D eigenvalue weighted by atomic mass is 10.1. The van der Waals surface area contributed by atoms with Crippen molar-refractivity contribution in [3.8, 4) is 5.75 Å². The minimum Gasteiger partial charge on any atom is -0.490 e. The van der Waals surface area contributed by atoms with Crippen LogP contribution in [0.1, 0.15) is 24.8 Å². The molecule has 1 aromatic heterocycles. The topological polar surface area (TPSA) is 74.4 Å². The molecule has 2 heterocycles. The van der Waals surface area contributed by atoms with Crippen LogP contribution in [0.15, 0.2) is 65.7 Å². The van der Waals surface area contributed by atoms with Gasteiger partial charge in [-0.2, -0.15) is 0 Å². The van der Waals surface area contributed by atoms with E-state index in [0.29, 0.717) is 27.4 Å². The molecular formula is C27H26Cl2FN3O3S. The zero-order chi connectivity index (χ0) is 26.0. The molecule has 1 fully saturated rings. The summed E-state index contributed by atoms with van der Waals surface area (Å²) in [5.41, 5.74) is 2.87. The number of benzene rings is 3. The second-order valence-electron chi connectivity index (χ2n) is 8.97. The number of aromatic amines is 1. The quantitative estimate of drug-likeness (QED) is 0.242. The third-order valence-corrected chi connectivity index (χ3v) is 8.50. The Morgan fingerprint density at radius 1 is 0.973 bits per heavy atom. The average Bonchev–Trinajstić information content (AvgIpc) is 3.30. The molecule has 1 saturated heterocycles. The second-order valence-corrected chi connectivity index (χ2v) is 11.4. The van der Waals surface area contributed by atoms with Crippen molar-refractivity contribution in [1.29, 1.82) is 0 Å². The van der Waals surface area contributed by atoms with Crippen LogP contribution in [0.3, 0.4) is 0 Å². The Morgan fingerprint density at radius 3 is 2.49 bits per heavy atom. The summed E-state index contributed by atoms with van der Waals surface area (Å²) >= 11 is 12.3. The first kappa shape index (κ1) is 25.7. The first-order chi connectivity index (χ1) is 17.8. The van der Waals surface area contributed by atoms with Gasteiger partial charge in [-0.1, -0.05) is 41.4 Å². The molecule has 0 bridgehead atoms. The summed E-state index contributed by atoms with van der Waals surface area (Å²) in [5.74, 6) is -1.08. The minimum atomic E-state index is -4.27. The molecule has 0 spiro atoms. The number of hydrogen-bond acceptors (Lipinski definition) is 4. The van der Waals surface area contributed by atoms with Crippen LogP contribution in [-0.4, -0.2) is 33.1 Å². The van der Waals surface area contributed by atoms with Crippen molar-refractivity contribution >= 4 is 55.5 Å². The normalized spacial score (nSPS) is 14.2. The summed E-state index contributed by atoms with van der Waals surface area (Å²) in [5, 5.41) is 1.20. The van der Waals surface area contributed by atoms with Crippen molar-refractivity contribution < 1.29 is 17.5 Å². The highest BCUT2D eigenvalue weighted by atomic mass is 35.5. The smallest absolute Gasteiger partial charge is 0.265 e. The third kappa shape index (κ3) is 5.51. The maximum absolute atomic E-state index is 15.2. The van der Waals surface area contributed by atoms with Crippen LogP contribution < -0.4 is 14.4 Å². The number of ether oxygens (including phenoxy) is 1. The Morgan fingerprint density at radius 2 is 1.73 bits per heavy atom. The van der Waals surface area contributed by atoms with E-state index >= 15 is 4.39 Å². The molecule has 194 valence electrons. The molecule has 10 heteroatoms. The fourth-order valence-electron chi connectivity index (χ4n) is 4.57. The molecule has 6 nitrogen and oxygen atoms in total. The molecule has 0 saturated carbocycles. The Balaban J connectivity index is 1.27. The number of nitrogens with zero attached hydrogens (tertiary/aromatic N) is 1. The fourth-order valence-corrected chi connectivity index (χ4v) is 6.29. The molecule has 1 aliphatic heterocycles. The number of fused-ring (bicyclic) bond motifs is 1. The van der Waals surface area contributed by atoms with E-state index in [1.807, 2.05) is 12.1 Å². The van der Waals surface area contributed by atoms with Gasteiger partial charge >= 0.3 is 0 Å². The number of anilines is 2. The van der Waals surface area contributed by atoms with Crippen LogP contribution in [0.25, 0.3) is 10.9 Å². The molecule has 0 radical (unpaired) electrons. The monoisotopic (exact) mass is 561 g/mol. The van der Waals surface area contributed by atoms with Crippen LogP contribution in [0, 0.1) is 5.82 Å². The highest BCUT2D eigenvalue weighted by molar-refractivity contribution is 7.92. The molecule has 0 unspecified atom stereocenters. The molecule has 0 amide bonds. The molecule has 5 rings (SSSR count). The largest absolute Gasteiger partial charge is 0.490 e. The summed E-state index contributed by atoms with van der Waals surface area (Å²) in [7, 11) is -4.27. The van der Waals surface area contributed by atoms with Gasteiger partial charge in [-0.3, -0.25) is 4.72 Å². The first-order valence-electron chi connectivity index (χ1n) is 12.1. The van der Waals surface area contributed by atoms with Gasteiger partial charge in [0.2, 0.25) is 0 Å². The number of nitrogens with one attached hydrogen (secondary N) is 2. The third-order valence-electron chi connectivity index (χ3n) is 6.50. The van der Waals surface area contributed by atoms with Gasteiger partial charge in [0.15, 0.2) is 11.6 Å². The van der Waals surface area contributed by atoms with Crippen molar-refractivity contribution in [3.05, 3.63) is 82.2 Å². The number of aromatic nitrogens is 1. The van der Waals surface area contributed by atoms with E-state index in [4.69, 9.17) is 27.9 Å². The zero-order valence-corrected chi connectivity index (χ0v) is 22.3. The number of halogens is 3. The number of piperidine rings is 1. The lowest BCUT2D eigenvalue weighted by Gasteiger charge is -2.28. The van der Waals surface area contributed by atoms with Crippen molar-refractivity contribution in [3.63, 3.8) is 0 Å². The van der Waals surface area contributed by atoms with Crippen LogP contribution in [0.2, 0.25) is 10.0 Å². The van der Waals surface area contributed by atoms with E-state index < -0.39 is 20.7 Å². The first-order valence-corrected chi connectivity index (χ1v) is 14.3. The van der Waals surface area contributed by atoms with Crippen LogP contribution in [-0.2, 0) is 16.4 Å². The Kier molecular flexibility index (Phi) is 7.51. The minimum absolute atomic E-state index is 0.128. The second kappa shape index (κ2) is 10.8. The van der Waals surface area contributed by atoms with Gasteiger partial charge in [-0.05, 0) is 61.2 Å². The molecule has 0 atom stereocenters.